The topological polar surface area (TPSA) is 70.2 Å². The normalized spacial score (nSPS) is 11.3. The molecule has 1 aromatic rings. The van der Waals surface area contributed by atoms with E-state index in [0.29, 0.717) is 24.5 Å². The van der Waals surface area contributed by atoms with Crippen LogP contribution in [0.5, 0.6) is 0 Å². The van der Waals surface area contributed by atoms with Gasteiger partial charge in [-0.2, -0.15) is 0 Å². The molecule has 7 heteroatoms. The van der Waals surface area contributed by atoms with Crippen molar-refractivity contribution in [2.45, 2.75) is 13.3 Å². The predicted molar refractivity (Wildman–Crippen MR) is 84.6 cm³/mol. The van der Waals surface area contributed by atoms with Gasteiger partial charge in [-0.15, -0.1) is 23.7 Å². The van der Waals surface area contributed by atoms with Crippen molar-refractivity contribution in [2.75, 3.05) is 26.7 Å². The van der Waals surface area contributed by atoms with Gasteiger partial charge in [0.1, 0.15) is 0 Å². The van der Waals surface area contributed by atoms with Crippen LogP contribution >= 0.6 is 23.7 Å². The second-order valence-corrected chi connectivity index (χ2v) is 5.28. The fourth-order valence-electron chi connectivity index (χ4n) is 1.57. The quantitative estimate of drug-likeness (QED) is 0.632. The molecule has 0 aliphatic carbocycles. The number of amides is 2. The molecule has 0 radical (unpaired) electrons. The lowest BCUT2D eigenvalue weighted by molar-refractivity contribution is -0.124. The smallest absolute Gasteiger partial charge is 0.261 e. The number of nitrogens with one attached hydrogen (secondary N) is 3. The van der Waals surface area contributed by atoms with Gasteiger partial charge in [0.05, 0.1) is 4.88 Å². The molecular weight excluding hydrogens is 298 g/mol. The van der Waals surface area contributed by atoms with E-state index in [2.05, 4.69) is 16.0 Å². The molecule has 0 saturated heterocycles. The number of hydrogen-bond donors (Lipinski definition) is 3. The van der Waals surface area contributed by atoms with Crippen LogP contribution in [0, 0.1) is 5.92 Å². The Labute approximate surface area is 129 Å². The minimum atomic E-state index is -0.0510. The number of thiophene rings is 1. The molecule has 2 amide bonds. The van der Waals surface area contributed by atoms with Gasteiger partial charge in [-0.1, -0.05) is 13.0 Å². The highest BCUT2D eigenvalue weighted by molar-refractivity contribution is 7.12. The standard InChI is InChI=1S/C13H21N3O2S.ClH/c1-10(9-14-2)12(17)15-6-4-7-16-13(18)11-5-3-8-19-11;/h3,5,8,10,14H,4,6-7,9H2,1-2H3,(H,15,17)(H,16,18);1H. The van der Waals surface area contributed by atoms with Crippen LogP contribution < -0.4 is 16.0 Å². The third kappa shape index (κ3) is 6.88. The predicted octanol–water partition coefficient (Wildman–Crippen LogP) is 1.26. The molecule has 0 spiro atoms. The fourth-order valence-corrected chi connectivity index (χ4v) is 2.21. The monoisotopic (exact) mass is 319 g/mol. The second-order valence-electron chi connectivity index (χ2n) is 4.34. The van der Waals surface area contributed by atoms with Crippen LogP contribution in [0.3, 0.4) is 0 Å². The summed E-state index contributed by atoms with van der Waals surface area (Å²) in [5, 5.41) is 10.5. The summed E-state index contributed by atoms with van der Waals surface area (Å²) in [6.45, 7) is 3.69. The lowest BCUT2D eigenvalue weighted by Gasteiger charge is -2.11. The van der Waals surface area contributed by atoms with E-state index in [1.165, 1.54) is 11.3 Å². The van der Waals surface area contributed by atoms with E-state index in [1.54, 1.807) is 6.07 Å². The van der Waals surface area contributed by atoms with E-state index in [-0.39, 0.29) is 30.1 Å². The van der Waals surface area contributed by atoms with Crippen molar-refractivity contribution >= 4 is 35.6 Å². The van der Waals surface area contributed by atoms with Crippen molar-refractivity contribution in [1.29, 1.82) is 0 Å². The van der Waals surface area contributed by atoms with Crippen molar-refractivity contribution < 1.29 is 9.59 Å². The maximum Gasteiger partial charge on any atom is 0.261 e. The van der Waals surface area contributed by atoms with Crippen LogP contribution in [0.25, 0.3) is 0 Å². The molecule has 0 aliphatic rings. The third-order valence-electron chi connectivity index (χ3n) is 2.64. The molecule has 114 valence electrons. The van der Waals surface area contributed by atoms with E-state index in [1.807, 2.05) is 25.4 Å². The Balaban J connectivity index is 0.00000361. The van der Waals surface area contributed by atoms with Gasteiger partial charge in [0.15, 0.2) is 0 Å². The number of carbonyl (C=O) groups is 2. The Morgan fingerprint density at radius 1 is 1.30 bits per heavy atom. The molecule has 0 fully saturated rings. The summed E-state index contributed by atoms with van der Waals surface area (Å²) in [6.07, 6.45) is 0.731. The average molecular weight is 320 g/mol. The summed E-state index contributed by atoms with van der Waals surface area (Å²) >= 11 is 1.42. The van der Waals surface area contributed by atoms with Gasteiger partial charge in [-0.3, -0.25) is 9.59 Å². The van der Waals surface area contributed by atoms with Gasteiger partial charge in [-0.05, 0) is 24.9 Å². The fraction of sp³-hybridized carbons (Fsp3) is 0.538. The number of hydrogen-bond acceptors (Lipinski definition) is 4. The minimum absolute atomic E-state index is 0. The van der Waals surface area contributed by atoms with Crippen LogP contribution in [0.4, 0.5) is 0 Å². The zero-order chi connectivity index (χ0) is 14.1. The Hall–Kier alpha value is -1.11. The highest BCUT2D eigenvalue weighted by Gasteiger charge is 2.10. The van der Waals surface area contributed by atoms with Crippen molar-refractivity contribution in [3.05, 3.63) is 22.4 Å². The molecule has 3 N–H and O–H groups in total. The Bertz CT molecular complexity index is 398. The van der Waals surface area contributed by atoms with E-state index < -0.39 is 0 Å². The molecule has 0 aromatic carbocycles. The Morgan fingerprint density at radius 3 is 2.60 bits per heavy atom. The first-order valence-electron chi connectivity index (χ1n) is 6.39. The van der Waals surface area contributed by atoms with Gasteiger partial charge in [-0.25, -0.2) is 0 Å². The maximum atomic E-state index is 11.6. The summed E-state index contributed by atoms with van der Waals surface area (Å²) in [7, 11) is 1.82. The third-order valence-corrected chi connectivity index (χ3v) is 3.51. The second kappa shape index (κ2) is 10.7. The van der Waals surface area contributed by atoms with Crippen molar-refractivity contribution in [1.82, 2.24) is 16.0 Å². The SMILES string of the molecule is CNCC(C)C(=O)NCCCNC(=O)c1cccs1.Cl. The van der Waals surface area contributed by atoms with E-state index >= 15 is 0 Å². The lowest BCUT2D eigenvalue weighted by Crippen LogP contribution is -2.36. The lowest BCUT2D eigenvalue weighted by atomic mass is 10.1. The highest BCUT2D eigenvalue weighted by Crippen LogP contribution is 2.07. The zero-order valence-corrected chi connectivity index (χ0v) is 13.4. The summed E-state index contributed by atoms with van der Waals surface area (Å²) in [4.78, 5) is 23.9. The van der Waals surface area contributed by atoms with Crippen LogP contribution in [-0.4, -0.2) is 38.5 Å². The number of rotatable bonds is 8. The summed E-state index contributed by atoms with van der Waals surface area (Å²) in [5.41, 5.74) is 0. The van der Waals surface area contributed by atoms with Gasteiger partial charge >= 0.3 is 0 Å². The summed E-state index contributed by atoms with van der Waals surface area (Å²) < 4.78 is 0. The first-order chi connectivity index (χ1) is 9.15. The Morgan fingerprint density at radius 2 is 2.00 bits per heavy atom. The first-order valence-corrected chi connectivity index (χ1v) is 7.27. The maximum absolute atomic E-state index is 11.6. The van der Waals surface area contributed by atoms with Crippen LogP contribution in [0.15, 0.2) is 17.5 Å². The van der Waals surface area contributed by atoms with E-state index in [9.17, 15) is 9.59 Å². The molecule has 0 bridgehead atoms. The van der Waals surface area contributed by atoms with Gasteiger partial charge < -0.3 is 16.0 Å². The van der Waals surface area contributed by atoms with Crippen LogP contribution in [0.1, 0.15) is 23.0 Å². The molecule has 0 saturated carbocycles. The molecule has 1 rings (SSSR count). The van der Waals surface area contributed by atoms with Crippen LogP contribution in [-0.2, 0) is 4.79 Å². The molecule has 1 heterocycles. The molecule has 0 aliphatic heterocycles. The van der Waals surface area contributed by atoms with Crippen LogP contribution in [0.2, 0.25) is 0 Å². The summed E-state index contributed by atoms with van der Waals surface area (Å²) in [6, 6.07) is 3.64. The molecule has 1 aromatic heterocycles. The van der Waals surface area contributed by atoms with E-state index in [4.69, 9.17) is 0 Å². The van der Waals surface area contributed by atoms with Gasteiger partial charge in [0.2, 0.25) is 5.91 Å². The van der Waals surface area contributed by atoms with Gasteiger partial charge in [0.25, 0.3) is 5.91 Å². The van der Waals surface area contributed by atoms with Crippen molar-refractivity contribution in [3.63, 3.8) is 0 Å². The molecule has 5 nitrogen and oxygen atoms in total. The largest absolute Gasteiger partial charge is 0.356 e. The molecule has 1 unspecified atom stereocenters. The molecule has 1 atom stereocenters. The van der Waals surface area contributed by atoms with Gasteiger partial charge in [0, 0.05) is 25.6 Å². The number of halogens is 1. The average Bonchev–Trinajstić information content (AvgIpc) is 2.92. The molecule has 20 heavy (non-hydrogen) atoms. The number of carbonyl (C=O) groups excluding carboxylic acids is 2. The highest BCUT2D eigenvalue weighted by atomic mass is 35.5. The Kier molecular flexibility index (Phi) is 10.1. The van der Waals surface area contributed by atoms with Crippen molar-refractivity contribution in [2.24, 2.45) is 5.92 Å². The zero-order valence-electron chi connectivity index (χ0n) is 11.8. The first kappa shape index (κ1) is 18.9. The minimum Gasteiger partial charge on any atom is -0.356 e. The van der Waals surface area contributed by atoms with Crippen molar-refractivity contribution in [3.8, 4) is 0 Å². The molecular formula is C13H22ClN3O2S. The summed E-state index contributed by atoms with van der Waals surface area (Å²) in [5.74, 6) is -0.0467. The van der Waals surface area contributed by atoms with E-state index in [0.717, 1.165) is 6.42 Å².